The summed E-state index contributed by atoms with van der Waals surface area (Å²) in [6, 6.07) is 9.29. The number of nitrogens with zero attached hydrogens (tertiary/aromatic N) is 1. The van der Waals surface area contributed by atoms with Crippen LogP contribution in [0.15, 0.2) is 41.0 Å². The van der Waals surface area contributed by atoms with Crippen LogP contribution in [0, 0.1) is 0 Å². The van der Waals surface area contributed by atoms with E-state index in [1.807, 2.05) is 18.2 Å². The van der Waals surface area contributed by atoms with Crippen molar-refractivity contribution in [2.24, 2.45) is 0 Å². The third kappa shape index (κ3) is 2.16. The fourth-order valence-corrected chi connectivity index (χ4v) is 3.03. The summed E-state index contributed by atoms with van der Waals surface area (Å²) in [6.07, 6.45) is 3.49. The molecule has 1 aromatic heterocycles. The van der Waals surface area contributed by atoms with Gasteiger partial charge in [-0.25, -0.2) is 0 Å². The van der Waals surface area contributed by atoms with Crippen molar-refractivity contribution in [2.75, 3.05) is 5.73 Å². The number of fused-ring (bicyclic) bond motifs is 1. The Morgan fingerprint density at radius 3 is 3.05 bits per heavy atom. The molecule has 0 aliphatic heterocycles. The number of hydrogen-bond donors (Lipinski definition) is 1. The third-order valence-corrected chi connectivity index (χ3v) is 4.22. The van der Waals surface area contributed by atoms with Gasteiger partial charge in [-0.3, -0.25) is 9.78 Å². The van der Waals surface area contributed by atoms with Crippen molar-refractivity contribution in [3.8, 4) is 0 Å². The molecule has 1 heterocycles. The summed E-state index contributed by atoms with van der Waals surface area (Å²) >= 11 is 3.42. The van der Waals surface area contributed by atoms with E-state index >= 15 is 0 Å². The van der Waals surface area contributed by atoms with Gasteiger partial charge >= 0.3 is 0 Å². The lowest BCUT2D eigenvalue weighted by atomic mass is 9.95. The number of benzene rings is 1. The van der Waals surface area contributed by atoms with Gasteiger partial charge in [-0.15, -0.1) is 0 Å². The minimum absolute atomic E-state index is 0.0941. The van der Waals surface area contributed by atoms with Gasteiger partial charge in [0, 0.05) is 21.9 Å². The van der Waals surface area contributed by atoms with Gasteiger partial charge in [-0.05, 0) is 42.7 Å². The van der Waals surface area contributed by atoms with Crippen LogP contribution in [-0.2, 0) is 6.42 Å². The van der Waals surface area contributed by atoms with Crippen LogP contribution in [0.2, 0.25) is 0 Å². The molecule has 0 bridgehead atoms. The van der Waals surface area contributed by atoms with Crippen molar-refractivity contribution in [3.05, 3.63) is 57.8 Å². The Balaban J connectivity index is 2.00. The second kappa shape index (κ2) is 4.78. The lowest BCUT2D eigenvalue weighted by molar-refractivity contribution is 0.0957. The highest BCUT2D eigenvalue weighted by Crippen LogP contribution is 2.35. The maximum Gasteiger partial charge on any atom is 0.173 e. The molecule has 4 heteroatoms. The number of carbonyl (C=O) groups is 1. The van der Waals surface area contributed by atoms with Crippen molar-refractivity contribution in [2.45, 2.75) is 18.8 Å². The van der Waals surface area contributed by atoms with Crippen molar-refractivity contribution in [1.29, 1.82) is 0 Å². The maximum absolute atomic E-state index is 12.7. The largest absolute Gasteiger partial charge is 0.399 e. The number of hydrogen-bond acceptors (Lipinski definition) is 3. The zero-order valence-corrected chi connectivity index (χ0v) is 11.9. The first kappa shape index (κ1) is 12.4. The predicted octanol–water partition coefficient (Wildman–Crippen LogP) is 3.34. The molecule has 1 aliphatic rings. The quantitative estimate of drug-likeness (QED) is 0.683. The number of nitrogen functional groups attached to an aromatic ring is 1. The van der Waals surface area contributed by atoms with Crippen molar-refractivity contribution >= 4 is 27.4 Å². The van der Waals surface area contributed by atoms with Crippen LogP contribution in [0.3, 0.4) is 0 Å². The summed E-state index contributed by atoms with van der Waals surface area (Å²) < 4.78 is 0.788. The number of carbonyl (C=O) groups excluding carboxylic acids is 1. The summed E-state index contributed by atoms with van der Waals surface area (Å²) in [4.78, 5) is 17.0. The third-order valence-electron chi connectivity index (χ3n) is 3.53. The fourth-order valence-electron chi connectivity index (χ4n) is 2.59. The standard InChI is InChI=1S/C15H13BrN2O/c16-13-6-4-10(17)8-12(13)15(19)11-5-3-9-2-1-7-18-14(9)11/h1-2,4,6-8,11H,3,5,17H2. The lowest BCUT2D eigenvalue weighted by Gasteiger charge is -2.11. The van der Waals surface area contributed by atoms with E-state index < -0.39 is 0 Å². The molecule has 0 amide bonds. The van der Waals surface area contributed by atoms with E-state index in [1.165, 1.54) is 5.56 Å². The number of ketones is 1. The van der Waals surface area contributed by atoms with E-state index in [4.69, 9.17) is 5.73 Å². The summed E-state index contributed by atoms with van der Waals surface area (Å²) in [5.74, 6) is -0.0501. The molecule has 1 aliphatic carbocycles. The number of aromatic nitrogens is 1. The molecule has 0 spiro atoms. The minimum atomic E-state index is -0.144. The molecule has 96 valence electrons. The van der Waals surface area contributed by atoms with E-state index in [1.54, 1.807) is 18.3 Å². The van der Waals surface area contributed by atoms with Crippen LogP contribution >= 0.6 is 15.9 Å². The van der Waals surface area contributed by atoms with Gasteiger partial charge in [0.2, 0.25) is 0 Å². The molecule has 19 heavy (non-hydrogen) atoms. The molecular weight excluding hydrogens is 304 g/mol. The fraction of sp³-hybridized carbons (Fsp3) is 0.200. The Hall–Kier alpha value is -1.68. The molecule has 0 radical (unpaired) electrons. The topological polar surface area (TPSA) is 56.0 Å². The first-order chi connectivity index (χ1) is 9.16. The summed E-state index contributed by atoms with van der Waals surface area (Å²) in [7, 11) is 0. The molecule has 0 saturated carbocycles. The van der Waals surface area contributed by atoms with Crippen molar-refractivity contribution in [1.82, 2.24) is 4.98 Å². The van der Waals surface area contributed by atoms with Crippen LogP contribution in [0.1, 0.15) is 34.0 Å². The number of nitrogens with two attached hydrogens (primary N) is 1. The van der Waals surface area contributed by atoms with Gasteiger partial charge in [0.25, 0.3) is 0 Å². The van der Waals surface area contributed by atoms with Gasteiger partial charge in [-0.2, -0.15) is 0 Å². The first-order valence-corrected chi connectivity index (χ1v) is 6.99. The second-order valence-corrected chi connectivity index (χ2v) is 5.60. The van der Waals surface area contributed by atoms with Crippen LogP contribution in [0.4, 0.5) is 5.69 Å². The molecule has 3 rings (SSSR count). The van der Waals surface area contributed by atoms with E-state index in [0.29, 0.717) is 11.3 Å². The van der Waals surface area contributed by atoms with E-state index in [2.05, 4.69) is 20.9 Å². The van der Waals surface area contributed by atoms with Gasteiger partial charge in [0.1, 0.15) is 0 Å². The Morgan fingerprint density at radius 1 is 1.37 bits per heavy atom. The van der Waals surface area contributed by atoms with Gasteiger partial charge in [0.15, 0.2) is 5.78 Å². The smallest absolute Gasteiger partial charge is 0.173 e. The zero-order valence-electron chi connectivity index (χ0n) is 10.3. The number of halogens is 1. The molecule has 1 atom stereocenters. The second-order valence-electron chi connectivity index (χ2n) is 4.74. The molecule has 3 nitrogen and oxygen atoms in total. The highest BCUT2D eigenvalue weighted by molar-refractivity contribution is 9.10. The number of Topliss-reactive ketones (excluding diaryl/α,β-unsaturated/α-hetero) is 1. The summed E-state index contributed by atoms with van der Waals surface area (Å²) in [5, 5.41) is 0. The summed E-state index contributed by atoms with van der Waals surface area (Å²) in [6.45, 7) is 0. The van der Waals surface area contributed by atoms with Crippen LogP contribution < -0.4 is 5.73 Å². The molecule has 1 unspecified atom stereocenters. The molecule has 1 aromatic carbocycles. The minimum Gasteiger partial charge on any atom is -0.399 e. The highest BCUT2D eigenvalue weighted by atomic mass is 79.9. The molecule has 0 fully saturated rings. The van der Waals surface area contributed by atoms with E-state index in [0.717, 1.165) is 23.0 Å². The SMILES string of the molecule is Nc1ccc(Br)c(C(=O)C2CCc3cccnc32)c1. The molecule has 2 aromatic rings. The molecule has 0 saturated heterocycles. The van der Waals surface area contributed by atoms with Gasteiger partial charge in [-0.1, -0.05) is 22.0 Å². The van der Waals surface area contributed by atoms with Crippen molar-refractivity contribution < 1.29 is 4.79 Å². The van der Waals surface area contributed by atoms with Crippen molar-refractivity contribution in [3.63, 3.8) is 0 Å². The van der Waals surface area contributed by atoms with Crippen LogP contribution in [0.5, 0.6) is 0 Å². The zero-order chi connectivity index (χ0) is 13.4. The Labute approximate surface area is 120 Å². The Morgan fingerprint density at radius 2 is 2.21 bits per heavy atom. The summed E-state index contributed by atoms with van der Waals surface area (Å²) in [5.41, 5.74) is 9.11. The number of pyridine rings is 1. The average Bonchev–Trinajstić information content (AvgIpc) is 2.84. The highest BCUT2D eigenvalue weighted by Gasteiger charge is 2.31. The first-order valence-electron chi connectivity index (χ1n) is 6.20. The number of rotatable bonds is 2. The average molecular weight is 317 g/mol. The lowest BCUT2D eigenvalue weighted by Crippen LogP contribution is -2.12. The maximum atomic E-state index is 12.7. The van der Waals surface area contributed by atoms with Gasteiger partial charge in [0.05, 0.1) is 11.6 Å². The monoisotopic (exact) mass is 316 g/mol. The van der Waals surface area contributed by atoms with E-state index in [9.17, 15) is 4.79 Å². The number of aryl methyl sites for hydroxylation is 1. The van der Waals surface area contributed by atoms with Crippen LogP contribution in [-0.4, -0.2) is 10.8 Å². The number of anilines is 1. The normalized spacial score (nSPS) is 17.2. The predicted molar refractivity (Wildman–Crippen MR) is 78.2 cm³/mol. The Kier molecular flexibility index (Phi) is 3.11. The van der Waals surface area contributed by atoms with Gasteiger partial charge < -0.3 is 5.73 Å². The van der Waals surface area contributed by atoms with E-state index in [-0.39, 0.29) is 11.7 Å². The molecular formula is C15H13BrN2O. The Bertz CT molecular complexity index is 654. The van der Waals surface area contributed by atoms with Crippen LogP contribution in [0.25, 0.3) is 0 Å². The molecule has 2 N–H and O–H groups in total.